The monoisotopic (exact) mass is 430 g/mol. The molecule has 0 radical (unpaired) electrons. The Balaban J connectivity index is 0.00000180. The third-order valence-electron chi connectivity index (χ3n) is 5.58. The van der Waals surface area contributed by atoms with E-state index in [1.165, 1.54) is 0 Å². The number of benzene rings is 1. The predicted octanol–water partition coefficient (Wildman–Crippen LogP) is 3.47. The maximum absolute atomic E-state index is 6.37. The lowest BCUT2D eigenvalue weighted by atomic mass is 10.1. The van der Waals surface area contributed by atoms with Gasteiger partial charge in [-0.15, -0.1) is 17.5 Å². The summed E-state index contributed by atoms with van der Waals surface area (Å²) >= 11 is 12.4. The van der Waals surface area contributed by atoms with Crippen LogP contribution in [0.15, 0.2) is 18.2 Å². The molecule has 1 aromatic heterocycles. The SMILES string of the molecule is Cl.Clc1ccc(-c2nnn3c2CO[C@H]2CN(C[C@@H]4CCOC4)C[C@@H]23)c(Cl)c1. The Labute approximate surface area is 174 Å². The van der Waals surface area contributed by atoms with Crippen LogP contribution in [0.5, 0.6) is 0 Å². The van der Waals surface area contributed by atoms with Crippen LogP contribution in [0.4, 0.5) is 0 Å². The van der Waals surface area contributed by atoms with E-state index >= 15 is 0 Å². The molecule has 0 bridgehead atoms. The van der Waals surface area contributed by atoms with Gasteiger partial charge >= 0.3 is 0 Å². The summed E-state index contributed by atoms with van der Waals surface area (Å²) in [5, 5.41) is 10.1. The third-order valence-corrected chi connectivity index (χ3v) is 6.13. The van der Waals surface area contributed by atoms with Crippen LogP contribution < -0.4 is 0 Å². The lowest BCUT2D eigenvalue weighted by Gasteiger charge is -2.26. The number of likely N-dealkylation sites (tertiary alicyclic amines) is 1. The molecule has 0 aliphatic carbocycles. The normalized spacial score (nSPS) is 27.3. The van der Waals surface area contributed by atoms with E-state index in [0.29, 0.717) is 22.6 Å². The van der Waals surface area contributed by atoms with E-state index in [1.54, 1.807) is 6.07 Å². The average Bonchev–Trinajstić information content (AvgIpc) is 3.33. The maximum atomic E-state index is 6.37. The number of halogens is 3. The summed E-state index contributed by atoms with van der Waals surface area (Å²) in [6.07, 6.45) is 1.32. The van der Waals surface area contributed by atoms with Crippen LogP contribution in [-0.4, -0.2) is 58.8 Å². The van der Waals surface area contributed by atoms with Crippen LogP contribution >= 0.6 is 35.6 Å². The van der Waals surface area contributed by atoms with Crippen molar-refractivity contribution >= 4 is 35.6 Å². The van der Waals surface area contributed by atoms with Crippen molar-refractivity contribution in [3.05, 3.63) is 33.9 Å². The second kappa shape index (κ2) is 7.85. The summed E-state index contributed by atoms with van der Waals surface area (Å²) in [4.78, 5) is 2.47. The third kappa shape index (κ3) is 3.59. The molecule has 27 heavy (non-hydrogen) atoms. The zero-order valence-electron chi connectivity index (χ0n) is 14.7. The molecule has 9 heteroatoms. The highest BCUT2D eigenvalue weighted by Gasteiger charge is 2.41. The van der Waals surface area contributed by atoms with Gasteiger partial charge in [-0.1, -0.05) is 28.4 Å². The Hall–Kier alpha value is -0.890. The minimum absolute atomic E-state index is 0. The standard InChI is InChI=1S/C18H20Cl2N4O2.ClH/c19-12-1-2-13(14(20)5-12)18-16-10-26-17-8-23(6-11-3-4-25-9-11)7-15(17)24(16)22-21-18;/h1-2,5,11,15,17H,3-4,6-10H2;1H/t11-,15-,17-;/m0./s1. The first kappa shape index (κ1) is 19.4. The first-order valence-electron chi connectivity index (χ1n) is 9.00. The summed E-state index contributed by atoms with van der Waals surface area (Å²) in [5.41, 5.74) is 2.62. The molecule has 6 nitrogen and oxygen atoms in total. The van der Waals surface area contributed by atoms with Crippen molar-refractivity contribution in [2.75, 3.05) is 32.8 Å². The molecule has 2 saturated heterocycles. The van der Waals surface area contributed by atoms with E-state index in [4.69, 9.17) is 32.7 Å². The van der Waals surface area contributed by atoms with E-state index in [2.05, 4.69) is 15.2 Å². The van der Waals surface area contributed by atoms with Crippen molar-refractivity contribution in [1.29, 1.82) is 0 Å². The van der Waals surface area contributed by atoms with E-state index in [0.717, 1.165) is 56.2 Å². The van der Waals surface area contributed by atoms with Crippen LogP contribution in [0, 0.1) is 5.92 Å². The first-order valence-corrected chi connectivity index (χ1v) is 9.76. The van der Waals surface area contributed by atoms with Crippen molar-refractivity contribution in [1.82, 2.24) is 19.9 Å². The van der Waals surface area contributed by atoms with Gasteiger partial charge in [-0.2, -0.15) is 0 Å². The van der Waals surface area contributed by atoms with Crippen molar-refractivity contribution in [3.63, 3.8) is 0 Å². The molecular weight excluding hydrogens is 411 g/mol. The molecule has 5 rings (SSSR count). The number of nitrogens with zero attached hydrogens (tertiary/aromatic N) is 4. The average molecular weight is 432 g/mol. The Morgan fingerprint density at radius 1 is 1.22 bits per heavy atom. The molecule has 0 unspecified atom stereocenters. The van der Waals surface area contributed by atoms with Crippen LogP contribution in [-0.2, 0) is 16.1 Å². The number of hydrogen-bond donors (Lipinski definition) is 0. The number of ether oxygens (including phenoxy) is 2. The van der Waals surface area contributed by atoms with Crippen LogP contribution in [0.1, 0.15) is 18.2 Å². The number of fused-ring (bicyclic) bond motifs is 3. The molecule has 2 fully saturated rings. The molecule has 0 spiro atoms. The van der Waals surface area contributed by atoms with Crippen LogP contribution in [0.25, 0.3) is 11.3 Å². The van der Waals surface area contributed by atoms with Crippen molar-refractivity contribution in [2.45, 2.75) is 25.2 Å². The smallest absolute Gasteiger partial charge is 0.120 e. The quantitative estimate of drug-likeness (QED) is 0.745. The number of hydrogen-bond acceptors (Lipinski definition) is 5. The zero-order chi connectivity index (χ0) is 17.7. The molecule has 2 aromatic rings. The zero-order valence-corrected chi connectivity index (χ0v) is 17.0. The highest BCUT2D eigenvalue weighted by molar-refractivity contribution is 6.36. The molecule has 3 atom stereocenters. The highest BCUT2D eigenvalue weighted by Crippen LogP contribution is 2.37. The van der Waals surface area contributed by atoms with Gasteiger partial charge in [-0.3, -0.25) is 4.90 Å². The first-order chi connectivity index (χ1) is 12.7. The summed E-state index contributed by atoms with van der Waals surface area (Å²) in [6, 6.07) is 5.65. The van der Waals surface area contributed by atoms with Gasteiger partial charge in [0.25, 0.3) is 0 Å². The van der Waals surface area contributed by atoms with Gasteiger partial charge in [0.05, 0.1) is 36.1 Å². The number of rotatable bonds is 3. The van der Waals surface area contributed by atoms with Crippen molar-refractivity contribution < 1.29 is 9.47 Å². The largest absolute Gasteiger partial charge is 0.381 e. The van der Waals surface area contributed by atoms with Gasteiger partial charge in [-0.25, -0.2) is 4.68 Å². The molecule has 0 N–H and O–H groups in total. The summed E-state index contributed by atoms with van der Waals surface area (Å²) in [7, 11) is 0. The van der Waals surface area contributed by atoms with Gasteiger partial charge in [-0.05, 0) is 30.5 Å². The molecule has 0 amide bonds. The van der Waals surface area contributed by atoms with Gasteiger partial charge < -0.3 is 9.47 Å². The Morgan fingerprint density at radius 2 is 2.11 bits per heavy atom. The lowest BCUT2D eigenvalue weighted by molar-refractivity contribution is -0.00507. The maximum Gasteiger partial charge on any atom is 0.120 e. The second-order valence-corrected chi connectivity index (χ2v) is 8.16. The van der Waals surface area contributed by atoms with E-state index in [1.807, 2.05) is 16.8 Å². The second-order valence-electron chi connectivity index (χ2n) is 7.32. The van der Waals surface area contributed by atoms with Crippen molar-refractivity contribution in [3.8, 4) is 11.3 Å². The van der Waals surface area contributed by atoms with Gasteiger partial charge in [0, 0.05) is 36.8 Å². The fourth-order valence-electron chi connectivity index (χ4n) is 4.26. The molecule has 1 aromatic carbocycles. The Bertz CT molecular complexity index is 825. The Morgan fingerprint density at radius 3 is 2.89 bits per heavy atom. The van der Waals surface area contributed by atoms with Crippen molar-refractivity contribution in [2.24, 2.45) is 5.92 Å². The van der Waals surface area contributed by atoms with E-state index in [-0.39, 0.29) is 24.6 Å². The lowest BCUT2D eigenvalue weighted by Crippen LogP contribution is -2.32. The fraction of sp³-hybridized carbons (Fsp3) is 0.556. The van der Waals surface area contributed by atoms with Gasteiger partial charge in [0.2, 0.25) is 0 Å². The predicted molar refractivity (Wildman–Crippen MR) is 106 cm³/mol. The van der Waals surface area contributed by atoms with Crippen LogP contribution in [0.3, 0.4) is 0 Å². The summed E-state index contributed by atoms with van der Waals surface area (Å²) in [6.45, 7) is 5.21. The highest BCUT2D eigenvalue weighted by atomic mass is 35.5. The summed E-state index contributed by atoms with van der Waals surface area (Å²) in [5.74, 6) is 0.633. The van der Waals surface area contributed by atoms with Gasteiger partial charge in [0.15, 0.2) is 0 Å². The molecule has 3 aliphatic rings. The minimum atomic E-state index is 0. The summed E-state index contributed by atoms with van der Waals surface area (Å²) < 4.78 is 13.7. The molecule has 146 valence electrons. The minimum Gasteiger partial charge on any atom is -0.381 e. The molecule has 4 heterocycles. The van der Waals surface area contributed by atoms with E-state index < -0.39 is 0 Å². The molecule has 3 aliphatic heterocycles. The van der Waals surface area contributed by atoms with Gasteiger partial charge in [0.1, 0.15) is 5.69 Å². The number of aromatic nitrogens is 3. The fourth-order valence-corrected chi connectivity index (χ4v) is 4.76. The topological polar surface area (TPSA) is 52.4 Å². The Kier molecular flexibility index (Phi) is 5.65. The van der Waals surface area contributed by atoms with E-state index in [9.17, 15) is 0 Å². The molecule has 0 saturated carbocycles. The van der Waals surface area contributed by atoms with Crippen LogP contribution in [0.2, 0.25) is 10.0 Å². The molecular formula is C18H21Cl3N4O2.